The standard InChI is InChI=1S/C18H14FNO3S2/c1-24-15-7-3-2-6-13(15)20-17(21)10-23-18(22)16-9-11-12(19)5-4-8-14(11)25-16/h2-9H,10H2,1H3,(H,20,21). The van der Waals surface area contributed by atoms with Crippen LogP contribution in [0.3, 0.4) is 0 Å². The highest BCUT2D eigenvalue weighted by molar-refractivity contribution is 7.98. The maximum atomic E-state index is 13.7. The highest BCUT2D eigenvalue weighted by atomic mass is 32.2. The van der Waals surface area contributed by atoms with Gasteiger partial charge in [-0.3, -0.25) is 4.79 Å². The Balaban J connectivity index is 1.63. The second-order valence-corrected chi connectivity index (χ2v) is 7.02. The van der Waals surface area contributed by atoms with Gasteiger partial charge >= 0.3 is 5.97 Å². The average molecular weight is 375 g/mol. The van der Waals surface area contributed by atoms with Crippen LogP contribution in [0.5, 0.6) is 0 Å². The van der Waals surface area contributed by atoms with Gasteiger partial charge in [-0.1, -0.05) is 18.2 Å². The molecule has 25 heavy (non-hydrogen) atoms. The minimum atomic E-state index is -0.645. The first-order chi connectivity index (χ1) is 12.1. The van der Waals surface area contributed by atoms with Crippen LogP contribution in [0.4, 0.5) is 10.1 Å². The third-order valence-electron chi connectivity index (χ3n) is 3.42. The molecule has 0 radical (unpaired) electrons. The molecule has 128 valence electrons. The van der Waals surface area contributed by atoms with Crippen LogP contribution in [0.15, 0.2) is 53.4 Å². The predicted molar refractivity (Wildman–Crippen MR) is 98.9 cm³/mol. The molecule has 0 spiro atoms. The number of rotatable bonds is 5. The van der Waals surface area contributed by atoms with Crippen molar-refractivity contribution in [3.8, 4) is 0 Å². The van der Waals surface area contributed by atoms with Crippen molar-refractivity contribution in [1.29, 1.82) is 0 Å². The first-order valence-corrected chi connectivity index (χ1v) is 9.40. The number of carbonyl (C=O) groups is 2. The Hall–Kier alpha value is -2.38. The zero-order valence-corrected chi connectivity index (χ0v) is 14.9. The monoisotopic (exact) mass is 375 g/mol. The summed E-state index contributed by atoms with van der Waals surface area (Å²) in [4.78, 5) is 25.3. The fraction of sp³-hybridized carbons (Fsp3) is 0.111. The lowest BCUT2D eigenvalue weighted by Crippen LogP contribution is -2.20. The number of amides is 1. The van der Waals surface area contributed by atoms with E-state index in [4.69, 9.17) is 4.74 Å². The largest absolute Gasteiger partial charge is 0.451 e. The molecule has 0 aliphatic carbocycles. The number of thioether (sulfide) groups is 1. The number of hydrogen-bond donors (Lipinski definition) is 1. The molecule has 0 fully saturated rings. The van der Waals surface area contributed by atoms with Gasteiger partial charge in [-0.05, 0) is 36.6 Å². The molecule has 2 aromatic carbocycles. The number of para-hydroxylation sites is 1. The van der Waals surface area contributed by atoms with E-state index >= 15 is 0 Å². The van der Waals surface area contributed by atoms with Gasteiger partial charge in [0.15, 0.2) is 6.61 Å². The van der Waals surface area contributed by atoms with E-state index in [-0.39, 0.29) is 10.7 Å². The van der Waals surface area contributed by atoms with Crippen LogP contribution in [-0.4, -0.2) is 24.7 Å². The number of anilines is 1. The second-order valence-electron chi connectivity index (χ2n) is 5.09. The van der Waals surface area contributed by atoms with Gasteiger partial charge < -0.3 is 10.1 Å². The zero-order valence-electron chi connectivity index (χ0n) is 13.2. The van der Waals surface area contributed by atoms with E-state index in [2.05, 4.69) is 5.32 Å². The predicted octanol–water partition coefficient (Wildman–Crippen LogP) is 4.56. The Morgan fingerprint density at radius 1 is 1.20 bits per heavy atom. The van der Waals surface area contributed by atoms with Crippen molar-refractivity contribution in [2.45, 2.75) is 4.90 Å². The van der Waals surface area contributed by atoms with E-state index < -0.39 is 18.5 Å². The average Bonchev–Trinajstić information content (AvgIpc) is 3.06. The van der Waals surface area contributed by atoms with Crippen molar-refractivity contribution >= 4 is 50.7 Å². The Bertz CT molecular complexity index is 939. The quantitative estimate of drug-likeness (QED) is 0.525. The van der Waals surface area contributed by atoms with E-state index in [9.17, 15) is 14.0 Å². The van der Waals surface area contributed by atoms with Crippen LogP contribution in [0.1, 0.15) is 9.67 Å². The SMILES string of the molecule is CSc1ccccc1NC(=O)COC(=O)c1cc2c(F)cccc2s1. The molecule has 0 unspecified atom stereocenters. The number of fused-ring (bicyclic) bond motifs is 1. The van der Waals surface area contributed by atoms with Crippen LogP contribution in [-0.2, 0) is 9.53 Å². The third-order valence-corrected chi connectivity index (χ3v) is 5.30. The van der Waals surface area contributed by atoms with Crippen molar-refractivity contribution in [3.63, 3.8) is 0 Å². The van der Waals surface area contributed by atoms with Crippen molar-refractivity contribution < 1.29 is 18.7 Å². The first-order valence-electron chi connectivity index (χ1n) is 7.36. The Morgan fingerprint density at radius 3 is 2.76 bits per heavy atom. The molecule has 3 aromatic rings. The maximum Gasteiger partial charge on any atom is 0.348 e. The highest BCUT2D eigenvalue weighted by Gasteiger charge is 2.15. The normalized spacial score (nSPS) is 10.6. The molecule has 1 heterocycles. The van der Waals surface area contributed by atoms with Gasteiger partial charge in [0.05, 0.1) is 5.69 Å². The fourth-order valence-corrected chi connectivity index (χ4v) is 3.78. The van der Waals surface area contributed by atoms with Crippen LogP contribution in [0, 0.1) is 5.82 Å². The van der Waals surface area contributed by atoms with Crippen molar-refractivity contribution in [3.05, 3.63) is 59.2 Å². The minimum Gasteiger partial charge on any atom is -0.451 e. The van der Waals surface area contributed by atoms with Crippen LogP contribution in [0.25, 0.3) is 10.1 Å². The molecule has 7 heteroatoms. The highest BCUT2D eigenvalue weighted by Crippen LogP contribution is 2.28. The summed E-state index contributed by atoms with van der Waals surface area (Å²) in [5.74, 6) is -1.46. The Kier molecular flexibility index (Phi) is 5.35. The molecule has 3 rings (SSSR count). The summed E-state index contributed by atoms with van der Waals surface area (Å²) in [7, 11) is 0. The van der Waals surface area contributed by atoms with Crippen molar-refractivity contribution in [2.24, 2.45) is 0 Å². The molecule has 0 bridgehead atoms. The lowest BCUT2D eigenvalue weighted by molar-refractivity contribution is -0.119. The topological polar surface area (TPSA) is 55.4 Å². The molecule has 1 aromatic heterocycles. The van der Waals surface area contributed by atoms with Gasteiger partial charge in [-0.15, -0.1) is 23.1 Å². The van der Waals surface area contributed by atoms with Gasteiger partial charge in [-0.2, -0.15) is 0 Å². The zero-order chi connectivity index (χ0) is 17.8. The maximum absolute atomic E-state index is 13.7. The molecule has 4 nitrogen and oxygen atoms in total. The molecule has 1 amide bonds. The molecular weight excluding hydrogens is 361 g/mol. The summed E-state index contributed by atoms with van der Waals surface area (Å²) >= 11 is 2.64. The number of carbonyl (C=O) groups excluding carboxylic acids is 2. The number of thiophene rings is 1. The summed E-state index contributed by atoms with van der Waals surface area (Å²) in [6.45, 7) is -0.404. The summed E-state index contributed by atoms with van der Waals surface area (Å²) < 4.78 is 19.4. The number of esters is 1. The number of nitrogens with one attached hydrogen (secondary N) is 1. The van der Waals surface area contributed by atoms with E-state index in [1.165, 1.54) is 23.9 Å². The lowest BCUT2D eigenvalue weighted by Gasteiger charge is -2.09. The number of benzene rings is 2. The van der Waals surface area contributed by atoms with Gasteiger partial charge in [0.2, 0.25) is 0 Å². The second kappa shape index (κ2) is 7.67. The fourth-order valence-electron chi connectivity index (χ4n) is 2.26. The summed E-state index contributed by atoms with van der Waals surface area (Å²) in [5, 5.41) is 3.08. The van der Waals surface area contributed by atoms with E-state index in [1.54, 1.807) is 18.2 Å². The van der Waals surface area contributed by atoms with Gasteiger partial charge in [-0.25, -0.2) is 9.18 Å². The van der Waals surface area contributed by atoms with Gasteiger partial charge in [0, 0.05) is 15.0 Å². The first kappa shape index (κ1) is 17.4. The van der Waals surface area contributed by atoms with E-state index in [1.807, 2.05) is 24.5 Å². The molecule has 0 aliphatic rings. The summed E-state index contributed by atoms with van der Waals surface area (Å²) in [6, 6.07) is 13.4. The van der Waals surface area contributed by atoms with Crippen LogP contribution in [0.2, 0.25) is 0 Å². The van der Waals surface area contributed by atoms with E-state index in [0.29, 0.717) is 15.8 Å². The number of ether oxygens (including phenoxy) is 1. The third kappa shape index (κ3) is 4.00. The minimum absolute atomic E-state index is 0.261. The molecule has 0 atom stereocenters. The van der Waals surface area contributed by atoms with Crippen LogP contribution < -0.4 is 5.32 Å². The molecule has 0 saturated heterocycles. The molecule has 0 saturated carbocycles. The number of halogens is 1. The summed E-state index contributed by atoms with van der Waals surface area (Å²) in [6.07, 6.45) is 1.91. The molecule has 1 N–H and O–H groups in total. The van der Waals surface area contributed by atoms with Gasteiger partial charge in [0.1, 0.15) is 10.7 Å². The Morgan fingerprint density at radius 2 is 2.00 bits per heavy atom. The van der Waals surface area contributed by atoms with Crippen molar-refractivity contribution in [1.82, 2.24) is 0 Å². The smallest absolute Gasteiger partial charge is 0.348 e. The van der Waals surface area contributed by atoms with E-state index in [0.717, 1.165) is 16.2 Å². The molecule has 0 aliphatic heterocycles. The van der Waals surface area contributed by atoms with Gasteiger partial charge in [0.25, 0.3) is 5.91 Å². The van der Waals surface area contributed by atoms with Crippen molar-refractivity contribution in [2.75, 3.05) is 18.2 Å². The Labute approximate surface area is 152 Å². The molecular formula is C18H14FNO3S2. The number of hydrogen-bond acceptors (Lipinski definition) is 5. The summed E-state index contributed by atoms with van der Waals surface area (Å²) in [5.41, 5.74) is 0.667. The lowest BCUT2D eigenvalue weighted by atomic mass is 10.2. The van der Waals surface area contributed by atoms with Crippen LogP contribution >= 0.6 is 23.1 Å².